The maximum atomic E-state index is 13.1. The van der Waals surface area contributed by atoms with Crippen molar-refractivity contribution in [2.45, 2.75) is 57.0 Å². The smallest absolute Gasteiger partial charge is 0.317 e. The summed E-state index contributed by atoms with van der Waals surface area (Å²) < 4.78 is 32.0. The Morgan fingerprint density at radius 3 is 2.50 bits per heavy atom. The van der Waals surface area contributed by atoms with Crippen LogP contribution in [0.5, 0.6) is 5.75 Å². The standard InChI is InChI=1S/C26H35NO6S/c1-18-7-12-22-21(15-18)24(25(30)26(2,3)17-34(22,31)32)19-8-10-20(11-9-19)33-14-6-4-5-13-27-16-23(28)29/h7-12,15,24-25,27,30H,4-6,13-14,16-17H2,1-3H3,(H,28,29)/t24-,25-/m1/s1. The second-order valence-electron chi connectivity index (χ2n) is 9.76. The molecule has 0 saturated carbocycles. The topological polar surface area (TPSA) is 113 Å². The minimum atomic E-state index is -3.53. The zero-order valence-corrected chi connectivity index (χ0v) is 20.9. The number of carboxylic acids is 1. The number of aryl methyl sites for hydroxylation is 1. The van der Waals surface area contributed by atoms with Gasteiger partial charge in [0.25, 0.3) is 0 Å². The number of carbonyl (C=O) groups is 1. The Bertz CT molecular complexity index is 1090. The Labute approximate surface area is 202 Å². The number of fused-ring (bicyclic) bond motifs is 1. The van der Waals surface area contributed by atoms with Gasteiger partial charge < -0.3 is 20.3 Å². The first-order chi connectivity index (χ1) is 16.0. The number of aliphatic carboxylic acids is 1. The molecule has 186 valence electrons. The van der Waals surface area contributed by atoms with Crippen molar-refractivity contribution in [1.29, 1.82) is 0 Å². The molecule has 3 N–H and O–H groups in total. The largest absolute Gasteiger partial charge is 0.494 e. The number of benzene rings is 2. The van der Waals surface area contributed by atoms with E-state index in [2.05, 4.69) is 5.32 Å². The lowest BCUT2D eigenvalue weighted by Gasteiger charge is -2.33. The second kappa shape index (κ2) is 10.9. The molecular formula is C26H35NO6S. The molecule has 0 unspecified atom stereocenters. The van der Waals surface area contributed by atoms with E-state index >= 15 is 0 Å². The van der Waals surface area contributed by atoms with E-state index < -0.39 is 33.2 Å². The van der Waals surface area contributed by atoms with Crippen molar-refractivity contribution in [3.63, 3.8) is 0 Å². The molecule has 0 aliphatic carbocycles. The number of unbranched alkanes of at least 4 members (excludes halogenated alkanes) is 2. The third kappa shape index (κ3) is 6.37. The van der Waals surface area contributed by atoms with Gasteiger partial charge in [-0.05, 0) is 62.1 Å². The molecule has 0 radical (unpaired) electrons. The number of ether oxygens (including phenoxy) is 1. The van der Waals surface area contributed by atoms with Crippen LogP contribution in [0.4, 0.5) is 0 Å². The maximum Gasteiger partial charge on any atom is 0.317 e. The lowest BCUT2D eigenvalue weighted by molar-refractivity contribution is -0.135. The monoisotopic (exact) mass is 489 g/mol. The van der Waals surface area contributed by atoms with E-state index in [0.717, 1.165) is 30.4 Å². The summed E-state index contributed by atoms with van der Waals surface area (Å²) in [6.07, 6.45) is 1.80. The van der Waals surface area contributed by atoms with Crippen LogP contribution in [0.1, 0.15) is 55.7 Å². The van der Waals surface area contributed by atoms with Gasteiger partial charge in [0.15, 0.2) is 9.84 Å². The van der Waals surface area contributed by atoms with Crippen LogP contribution in [0.25, 0.3) is 0 Å². The van der Waals surface area contributed by atoms with E-state index in [9.17, 15) is 18.3 Å². The van der Waals surface area contributed by atoms with Crippen molar-refractivity contribution < 1.29 is 28.2 Å². The molecule has 34 heavy (non-hydrogen) atoms. The number of hydrogen-bond acceptors (Lipinski definition) is 6. The van der Waals surface area contributed by atoms with E-state index in [1.54, 1.807) is 26.0 Å². The fraction of sp³-hybridized carbons (Fsp3) is 0.500. The minimum absolute atomic E-state index is 0.0221. The Morgan fingerprint density at radius 2 is 1.82 bits per heavy atom. The maximum absolute atomic E-state index is 13.1. The highest BCUT2D eigenvalue weighted by molar-refractivity contribution is 7.91. The van der Waals surface area contributed by atoms with Crippen LogP contribution in [0.2, 0.25) is 0 Å². The van der Waals surface area contributed by atoms with Crippen LogP contribution < -0.4 is 10.1 Å². The lowest BCUT2D eigenvalue weighted by Crippen LogP contribution is -2.38. The molecule has 2 atom stereocenters. The Morgan fingerprint density at radius 1 is 1.12 bits per heavy atom. The van der Waals surface area contributed by atoms with Gasteiger partial charge >= 0.3 is 5.97 Å². The summed E-state index contributed by atoms with van der Waals surface area (Å²) in [7, 11) is -3.53. The van der Waals surface area contributed by atoms with Gasteiger partial charge in [-0.3, -0.25) is 4.79 Å². The quantitative estimate of drug-likeness (QED) is 0.438. The van der Waals surface area contributed by atoms with Gasteiger partial charge in [-0.2, -0.15) is 0 Å². The van der Waals surface area contributed by atoms with Crippen LogP contribution >= 0.6 is 0 Å². The van der Waals surface area contributed by atoms with Crippen LogP contribution in [-0.4, -0.2) is 56.2 Å². The minimum Gasteiger partial charge on any atom is -0.494 e. The summed E-state index contributed by atoms with van der Waals surface area (Å²) in [5.41, 5.74) is 1.62. The zero-order chi connectivity index (χ0) is 24.9. The van der Waals surface area contributed by atoms with Crippen LogP contribution in [-0.2, 0) is 14.6 Å². The first-order valence-corrected chi connectivity index (χ1v) is 13.3. The molecule has 0 aromatic heterocycles. The number of aliphatic hydroxyl groups excluding tert-OH is 1. The van der Waals surface area contributed by atoms with Crippen molar-refractivity contribution in [3.05, 3.63) is 59.2 Å². The summed E-state index contributed by atoms with van der Waals surface area (Å²) in [5, 5.41) is 22.8. The van der Waals surface area contributed by atoms with Crippen molar-refractivity contribution in [3.8, 4) is 5.75 Å². The molecule has 1 aliphatic rings. The van der Waals surface area contributed by atoms with E-state index in [-0.39, 0.29) is 12.3 Å². The Balaban J connectivity index is 1.70. The highest BCUT2D eigenvalue weighted by Gasteiger charge is 2.44. The van der Waals surface area contributed by atoms with Crippen molar-refractivity contribution in [2.75, 3.05) is 25.4 Å². The van der Waals surface area contributed by atoms with Gasteiger partial charge in [-0.15, -0.1) is 0 Å². The van der Waals surface area contributed by atoms with E-state index in [1.165, 1.54) is 0 Å². The van der Waals surface area contributed by atoms with Crippen molar-refractivity contribution >= 4 is 15.8 Å². The van der Waals surface area contributed by atoms with E-state index in [1.807, 2.05) is 37.3 Å². The molecule has 1 heterocycles. The van der Waals surface area contributed by atoms with Crippen molar-refractivity contribution in [1.82, 2.24) is 5.32 Å². The number of carboxylic acid groups (broad SMARTS) is 1. The third-order valence-corrected chi connectivity index (χ3v) is 8.46. The van der Waals surface area contributed by atoms with Crippen LogP contribution in [0.15, 0.2) is 47.4 Å². The summed E-state index contributed by atoms with van der Waals surface area (Å²) in [4.78, 5) is 10.8. The average Bonchev–Trinajstić information content (AvgIpc) is 2.80. The lowest BCUT2D eigenvalue weighted by atomic mass is 9.75. The number of nitrogens with one attached hydrogen (secondary N) is 1. The molecule has 2 aromatic carbocycles. The highest BCUT2D eigenvalue weighted by atomic mass is 32.2. The summed E-state index contributed by atoms with van der Waals surface area (Å²) in [5.74, 6) is -0.713. The second-order valence-corrected chi connectivity index (χ2v) is 11.7. The van der Waals surface area contributed by atoms with Crippen molar-refractivity contribution in [2.24, 2.45) is 5.41 Å². The summed E-state index contributed by atoms with van der Waals surface area (Å²) in [6, 6.07) is 12.9. The normalized spacial score (nSPS) is 20.8. The molecule has 7 nitrogen and oxygen atoms in total. The SMILES string of the molecule is Cc1ccc2c(c1)[C@@H](c1ccc(OCCCCCNCC(=O)O)cc1)[C@@H](O)C(C)(C)CS2(=O)=O. The number of aliphatic hydroxyl groups is 1. The molecule has 0 amide bonds. The number of hydrogen-bond donors (Lipinski definition) is 3. The first-order valence-electron chi connectivity index (χ1n) is 11.7. The molecule has 2 aromatic rings. The number of rotatable bonds is 10. The molecule has 1 aliphatic heterocycles. The zero-order valence-electron chi connectivity index (χ0n) is 20.1. The van der Waals surface area contributed by atoms with Gasteiger partial charge in [0.1, 0.15) is 5.75 Å². The molecule has 3 rings (SSSR count). The van der Waals surface area contributed by atoms with Gasteiger partial charge in [0.05, 0.1) is 29.9 Å². The number of sulfone groups is 1. The first kappa shape index (κ1) is 26.2. The molecule has 0 bridgehead atoms. The highest BCUT2D eigenvalue weighted by Crippen LogP contribution is 2.44. The fourth-order valence-electron chi connectivity index (χ4n) is 4.52. The van der Waals surface area contributed by atoms with Gasteiger partial charge in [0.2, 0.25) is 0 Å². The van der Waals surface area contributed by atoms with E-state index in [4.69, 9.17) is 9.84 Å². The van der Waals surface area contributed by atoms with Gasteiger partial charge in [-0.25, -0.2) is 8.42 Å². The predicted molar refractivity (Wildman–Crippen MR) is 131 cm³/mol. The molecule has 0 saturated heterocycles. The Kier molecular flexibility index (Phi) is 8.38. The summed E-state index contributed by atoms with van der Waals surface area (Å²) >= 11 is 0. The molecule has 0 spiro atoms. The van der Waals surface area contributed by atoms with E-state index in [0.29, 0.717) is 29.4 Å². The fourth-order valence-corrected chi connectivity index (χ4v) is 6.64. The predicted octanol–water partition coefficient (Wildman–Crippen LogP) is 3.52. The third-order valence-electron chi connectivity index (χ3n) is 6.30. The van der Waals surface area contributed by atoms with Crippen LogP contribution in [0.3, 0.4) is 0 Å². The molecule has 0 fully saturated rings. The molecular weight excluding hydrogens is 454 g/mol. The molecule has 8 heteroatoms. The average molecular weight is 490 g/mol. The van der Waals surface area contributed by atoms with Gasteiger partial charge in [-0.1, -0.05) is 43.7 Å². The van der Waals surface area contributed by atoms with Crippen LogP contribution in [0, 0.1) is 12.3 Å². The van der Waals surface area contributed by atoms with Gasteiger partial charge in [0, 0.05) is 11.3 Å². The summed E-state index contributed by atoms with van der Waals surface area (Å²) in [6.45, 7) is 6.72. The Hall–Kier alpha value is -2.42.